The first-order valence-corrected chi connectivity index (χ1v) is 8.10. The van der Waals surface area contributed by atoms with E-state index in [1.807, 2.05) is 0 Å². The van der Waals surface area contributed by atoms with Gasteiger partial charge in [0.1, 0.15) is 11.6 Å². The molecule has 6 aliphatic carbocycles. The molecule has 2 heteroatoms. The summed E-state index contributed by atoms with van der Waals surface area (Å²) >= 11 is 0. The fraction of sp³-hybridized carbons (Fsp3) is 0.882. The molecule has 0 amide bonds. The molecule has 0 N–H and O–H groups in total. The van der Waals surface area contributed by atoms with Gasteiger partial charge in [0, 0.05) is 22.7 Å². The Labute approximate surface area is 113 Å². The predicted octanol–water partition coefficient (Wildman–Crippen LogP) is 2.46. The molecule has 2 bridgehead atoms. The van der Waals surface area contributed by atoms with E-state index in [2.05, 4.69) is 13.8 Å². The van der Waals surface area contributed by atoms with Crippen LogP contribution in [0.4, 0.5) is 0 Å². The molecule has 8 atom stereocenters. The molecule has 0 aromatic heterocycles. The van der Waals surface area contributed by atoms with Gasteiger partial charge >= 0.3 is 0 Å². The van der Waals surface area contributed by atoms with Gasteiger partial charge in [-0.15, -0.1) is 0 Å². The number of hydrogen-bond donors (Lipinski definition) is 0. The summed E-state index contributed by atoms with van der Waals surface area (Å²) in [6, 6.07) is 0. The van der Waals surface area contributed by atoms with Crippen LogP contribution in [0, 0.1) is 51.8 Å². The third-order valence-corrected chi connectivity index (χ3v) is 9.22. The summed E-state index contributed by atoms with van der Waals surface area (Å²) in [6.45, 7) is 4.29. The Bertz CT molecular complexity index is 540. The molecule has 2 nitrogen and oxygen atoms in total. The fourth-order valence-electron chi connectivity index (χ4n) is 8.91. The van der Waals surface area contributed by atoms with Gasteiger partial charge in [0.2, 0.25) is 0 Å². The van der Waals surface area contributed by atoms with E-state index in [9.17, 15) is 9.59 Å². The Balaban J connectivity index is 1.71. The number of carbonyl (C=O) groups excluding carboxylic acids is 2. The average Bonchev–Trinajstić information content (AvgIpc) is 3.09. The minimum Gasteiger partial charge on any atom is -0.299 e. The van der Waals surface area contributed by atoms with Crippen molar-refractivity contribution in [3.63, 3.8) is 0 Å². The summed E-state index contributed by atoms with van der Waals surface area (Å²) in [5.74, 6) is 3.67. The maximum absolute atomic E-state index is 13.0. The van der Waals surface area contributed by atoms with Gasteiger partial charge in [-0.3, -0.25) is 9.59 Å². The second-order valence-electron chi connectivity index (χ2n) is 8.73. The summed E-state index contributed by atoms with van der Waals surface area (Å²) in [5.41, 5.74) is -0.106. The van der Waals surface area contributed by atoms with Gasteiger partial charge in [-0.05, 0) is 41.9 Å². The number of Topliss-reactive ketones (excluding diaryl/α,β-unsaturated/α-hetero) is 2. The molecule has 6 rings (SSSR count). The van der Waals surface area contributed by atoms with Crippen molar-refractivity contribution in [1.82, 2.24) is 0 Å². The average molecular weight is 256 g/mol. The van der Waals surface area contributed by atoms with Crippen LogP contribution < -0.4 is 0 Å². The van der Waals surface area contributed by atoms with E-state index >= 15 is 0 Å². The van der Waals surface area contributed by atoms with Crippen LogP contribution in [-0.2, 0) is 9.59 Å². The first kappa shape index (κ1) is 10.1. The van der Waals surface area contributed by atoms with Crippen LogP contribution in [0.15, 0.2) is 0 Å². The molecule has 0 aromatic rings. The van der Waals surface area contributed by atoms with Gasteiger partial charge < -0.3 is 0 Å². The maximum Gasteiger partial charge on any atom is 0.144 e. The minimum atomic E-state index is -0.262. The van der Waals surface area contributed by atoms with Crippen LogP contribution in [0.2, 0.25) is 0 Å². The van der Waals surface area contributed by atoms with Crippen molar-refractivity contribution in [1.29, 1.82) is 0 Å². The van der Waals surface area contributed by atoms with Gasteiger partial charge in [0.25, 0.3) is 0 Å². The topological polar surface area (TPSA) is 34.1 Å². The van der Waals surface area contributed by atoms with Gasteiger partial charge in [0.05, 0.1) is 0 Å². The number of rotatable bonds is 0. The molecule has 0 saturated heterocycles. The van der Waals surface area contributed by atoms with Crippen LogP contribution in [0.1, 0.15) is 39.5 Å². The molecular weight excluding hydrogens is 236 g/mol. The van der Waals surface area contributed by atoms with E-state index in [0.29, 0.717) is 40.7 Å². The Morgan fingerprint density at radius 1 is 0.789 bits per heavy atom. The van der Waals surface area contributed by atoms with Gasteiger partial charge in [-0.2, -0.15) is 0 Å². The lowest BCUT2D eigenvalue weighted by molar-refractivity contribution is -0.180. The highest BCUT2D eigenvalue weighted by Crippen LogP contribution is 2.94. The first-order chi connectivity index (χ1) is 9.01. The summed E-state index contributed by atoms with van der Waals surface area (Å²) in [5, 5.41) is 0. The molecule has 6 aliphatic rings. The Hall–Kier alpha value is -0.660. The van der Waals surface area contributed by atoms with E-state index in [-0.39, 0.29) is 22.7 Å². The molecule has 0 aliphatic heterocycles. The Kier molecular flexibility index (Phi) is 1.20. The van der Waals surface area contributed by atoms with Crippen LogP contribution >= 0.6 is 0 Å². The first-order valence-electron chi connectivity index (χ1n) is 8.10. The highest BCUT2D eigenvalue weighted by molar-refractivity contribution is 6.11. The molecule has 100 valence electrons. The second-order valence-corrected chi connectivity index (χ2v) is 8.73. The van der Waals surface area contributed by atoms with Crippen molar-refractivity contribution >= 4 is 11.6 Å². The normalized spacial score (nSPS) is 68.7. The molecule has 6 fully saturated rings. The summed E-state index contributed by atoms with van der Waals surface area (Å²) < 4.78 is 0. The minimum absolute atomic E-state index is 0.150. The lowest BCUT2D eigenvalue weighted by Crippen LogP contribution is -2.64. The third kappa shape index (κ3) is 0.560. The molecular formula is C17H20O2. The molecule has 0 radical (unpaired) electrons. The van der Waals surface area contributed by atoms with Crippen LogP contribution in [0.3, 0.4) is 0 Å². The lowest BCUT2D eigenvalue weighted by Gasteiger charge is -2.59. The largest absolute Gasteiger partial charge is 0.299 e. The zero-order valence-electron chi connectivity index (χ0n) is 11.6. The summed E-state index contributed by atoms with van der Waals surface area (Å²) in [7, 11) is 0. The second kappa shape index (κ2) is 2.25. The van der Waals surface area contributed by atoms with Crippen molar-refractivity contribution < 1.29 is 9.59 Å². The van der Waals surface area contributed by atoms with Crippen LogP contribution in [-0.4, -0.2) is 11.6 Å². The quantitative estimate of drug-likeness (QED) is 0.667. The van der Waals surface area contributed by atoms with Gasteiger partial charge in [0.15, 0.2) is 0 Å². The van der Waals surface area contributed by atoms with E-state index in [1.165, 1.54) is 25.7 Å². The smallest absolute Gasteiger partial charge is 0.144 e. The highest BCUT2D eigenvalue weighted by atomic mass is 16.2. The van der Waals surface area contributed by atoms with Gasteiger partial charge in [-0.25, -0.2) is 0 Å². The number of carbonyl (C=O) groups is 2. The number of fused-ring (bicyclic) bond motifs is 2. The fourth-order valence-corrected chi connectivity index (χ4v) is 8.91. The van der Waals surface area contributed by atoms with Crippen molar-refractivity contribution in [2.24, 2.45) is 51.8 Å². The van der Waals surface area contributed by atoms with Crippen molar-refractivity contribution in [2.75, 3.05) is 0 Å². The van der Waals surface area contributed by atoms with E-state index in [4.69, 9.17) is 0 Å². The highest BCUT2D eigenvalue weighted by Gasteiger charge is 2.97. The van der Waals surface area contributed by atoms with Crippen molar-refractivity contribution in [2.45, 2.75) is 39.5 Å². The Morgan fingerprint density at radius 3 is 1.63 bits per heavy atom. The maximum atomic E-state index is 13.0. The van der Waals surface area contributed by atoms with E-state index in [1.54, 1.807) is 0 Å². The number of ketones is 2. The molecule has 6 saturated carbocycles. The van der Waals surface area contributed by atoms with Gasteiger partial charge in [-0.1, -0.05) is 26.7 Å². The lowest BCUT2D eigenvalue weighted by atomic mass is 9.41. The SMILES string of the molecule is CC12C(=O)C3C4C(=O)C1(C)C1C4C4(CCCC4)C3C12. The Morgan fingerprint density at radius 2 is 1.21 bits per heavy atom. The summed E-state index contributed by atoms with van der Waals surface area (Å²) in [4.78, 5) is 25.9. The van der Waals surface area contributed by atoms with Crippen molar-refractivity contribution in [3.05, 3.63) is 0 Å². The van der Waals surface area contributed by atoms with E-state index < -0.39 is 0 Å². The monoisotopic (exact) mass is 256 g/mol. The van der Waals surface area contributed by atoms with Crippen molar-refractivity contribution in [3.8, 4) is 0 Å². The molecule has 8 unspecified atom stereocenters. The zero-order valence-corrected chi connectivity index (χ0v) is 11.6. The predicted molar refractivity (Wildman–Crippen MR) is 68.1 cm³/mol. The number of hydrogen-bond acceptors (Lipinski definition) is 2. The molecule has 0 aromatic carbocycles. The summed E-state index contributed by atoms with van der Waals surface area (Å²) in [6.07, 6.45) is 5.30. The standard InChI is InChI=1S/C17H20O2/c1-15-11-9-7(13(15)18)8-10(17(9)5-3-4-6-17)12(11)16(15,2)14(8)19/h7-12H,3-6H2,1-2H3. The molecule has 19 heavy (non-hydrogen) atoms. The third-order valence-electron chi connectivity index (χ3n) is 9.22. The zero-order chi connectivity index (χ0) is 12.9. The molecule has 1 spiro atoms. The van der Waals surface area contributed by atoms with E-state index in [0.717, 1.165) is 0 Å². The van der Waals surface area contributed by atoms with Crippen LogP contribution in [0.25, 0.3) is 0 Å². The molecule has 0 heterocycles. The van der Waals surface area contributed by atoms with Crippen LogP contribution in [0.5, 0.6) is 0 Å².